The Morgan fingerprint density at radius 2 is 0.640 bits per heavy atom. The molecule has 0 aromatic heterocycles. The van der Waals surface area contributed by atoms with Crippen LogP contribution in [0.3, 0.4) is 0 Å². The molecule has 152 valence electrons. The van der Waals surface area contributed by atoms with E-state index in [2.05, 4.69) is 90.0 Å². The van der Waals surface area contributed by atoms with Gasteiger partial charge < -0.3 is 5.73 Å². The van der Waals surface area contributed by atoms with Crippen molar-refractivity contribution in [2.45, 2.75) is 128 Å². The quantitative estimate of drug-likeness (QED) is 0.449. The van der Waals surface area contributed by atoms with Crippen molar-refractivity contribution in [3.63, 3.8) is 0 Å². The van der Waals surface area contributed by atoms with Crippen molar-refractivity contribution >= 4 is 0 Å². The molecule has 0 rings (SSSR count). The first kappa shape index (κ1) is 25.0. The van der Waals surface area contributed by atoms with Crippen LogP contribution in [0.5, 0.6) is 0 Å². The van der Waals surface area contributed by atoms with Crippen LogP contribution in [0.25, 0.3) is 0 Å². The van der Waals surface area contributed by atoms with Gasteiger partial charge in [-0.25, -0.2) is 0 Å². The highest BCUT2D eigenvalue weighted by molar-refractivity contribution is 4.91. The second-order valence-corrected chi connectivity index (χ2v) is 14.1. The molecule has 0 aliphatic carbocycles. The van der Waals surface area contributed by atoms with Gasteiger partial charge in [0.05, 0.1) is 0 Å². The smallest absolute Gasteiger partial charge is 0.0102 e. The molecular weight excluding hydrogens is 302 g/mol. The van der Waals surface area contributed by atoms with Crippen molar-refractivity contribution in [2.75, 3.05) is 0 Å². The van der Waals surface area contributed by atoms with Crippen LogP contribution < -0.4 is 5.73 Å². The summed E-state index contributed by atoms with van der Waals surface area (Å²) in [6.45, 7) is 30.9. The number of rotatable bonds is 9. The molecule has 0 fully saturated rings. The second-order valence-electron chi connectivity index (χ2n) is 14.1. The third-order valence-corrected chi connectivity index (χ3v) is 4.81. The predicted octanol–water partition coefficient (Wildman–Crippen LogP) is 7.83. The van der Waals surface area contributed by atoms with E-state index < -0.39 is 0 Å². The van der Waals surface area contributed by atoms with Crippen molar-refractivity contribution in [2.24, 2.45) is 32.8 Å². The molecule has 0 amide bonds. The van der Waals surface area contributed by atoms with E-state index in [9.17, 15) is 0 Å². The Hall–Kier alpha value is -0.0400. The van der Waals surface area contributed by atoms with Crippen LogP contribution in [0.1, 0.15) is 122 Å². The summed E-state index contributed by atoms with van der Waals surface area (Å²) in [5, 5.41) is 0. The first-order valence-corrected chi connectivity index (χ1v) is 10.3. The van der Waals surface area contributed by atoms with E-state index in [1.165, 1.54) is 25.7 Å². The Morgan fingerprint density at radius 1 is 0.400 bits per heavy atom. The number of hydrogen-bond donors (Lipinski definition) is 1. The fourth-order valence-electron chi connectivity index (χ4n) is 6.81. The van der Waals surface area contributed by atoms with E-state index in [-0.39, 0.29) is 11.0 Å². The largest absolute Gasteiger partial charge is 0.326 e. The minimum Gasteiger partial charge on any atom is -0.326 e. The average Bonchev–Trinajstić information content (AvgIpc) is 1.97. The van der Waals surface area contributed by atoms with E-state index in [0.29, 0.717) is 21.7 Å². The molecule has 0 bridgehead atoms. The maximum absolute atomic E-state index is 6.31. The molecule has 2 N–H and O–H groups in total. The van der Waals surface area contributed by atoms with Crippen molar-refractivity contribution in [1.82, 2.24) is 0 Å². The van der Waals surface area contributed by atoms with Crippen LogP contribution >= 0.6 is 0 Å². The van der Waals surface area contributed by atoms with Gasteiger partial charge in [-0.05, 0) is 73.0 Å². The summed E-state index contributed by atoms with van der Waals surface area (Å²) in [6, 6.07) is 0. The average molecular weight is 354 g/mol. The fourth-order valence-corrected chi connectivity index (χ4v) is 6.81. The summed E-state index contributed by atoms with van der Waals surface area (Å²) in [5.41, 5.74) is 7.95. The van der Waals surface area contributed by atoms with Gasteiger partial charge in [-0.1, -0.05) is 76.2 Å². The van der Waals surface area contributed by atoms with Crippen molar-refractivity contribution in [3.8, 4) is 0 Å². The summed E-state index contributed by atoms with van der Waals surface area (Å²) in [6.07, 6.45) is 6.12. The highest BCUT2D eigenvalue weighted by Crippen LogP contribution is 2.49. The van der Waals surface area contributed by atoms with E-state index >= 15 is 0 Å². The molecule has 1 heteroatoms. The summed E-state index contributed by atoms with van der Waals surface area (Å²) >= 11 is 0. The van der Waals surface area contributed by atoms with Gasteiger partial charge >= 0.3 is 0 Å². The first-order chi connectivity index (χ1) is 10.5. The van der Waals surface area contributed by atoms with Gasteiger partial charge in [0.1, 0.15) is 0 Å². The van der Waals surface area contributed by atoms with E-state index in [4.69, 9.17) is 5.73 Å². The molecule has 1 nitrogen and oxygen atoms in total. The minimum atomic E-state index is -0.0935. The van der Waals surface area contributed by atoms with Crippen molar-refractivity contribution < 1.29 is 0 Å². The molecule has 0 saturated carbocycles. The maximum atomic E-state index is 6.31. The molecule has 0 aliphatic rings. The Balaban J connectivity index is 5.01. The predicted molar refractivity (Wildman–Crippen MR) is 116 cm³/mol. The number of nitrogens with two attached hydrogens (primary N) is 1. The van der Waals surface area contributed by atoms with Crippen LogP contribution in [0.4, 0.5) is 0 Å². The zero-order chi connectivity index (χ0) is 20.5. The minimum absolute atomic E-state index is 0.0935. The second kappa shape index (κ2) is 7.53. The van der Waals surface area contributed by atoms with Gasteiger partial charge in [0, 0.05) is 5.54 Å². The van der Waals surface area contributed by atoms with Gasteiger partial charge in [0.25, 0.3) is 0 Å². The van der Waals surface area contributed by atoms with E-state index in [1.807, 2.05) is 0 Å². The molecule has 0 aromatic carbocycles. The molecule has 25 heavy (non-hydrogen) atoms. The molecule has 0 radical (unpaired) electrons. The summed E-state index contributed by atoms with van der Waals surface area (Å²) in [4.78, 5) is 0. The number of hydrogen-bond acceptors (Lipinski definition) is 1. The van der Waals surface area contributed by atoms with E-state index in [0.717, 1.165) is 6.42 Å². The van der Waals surface area contributed by atoms with Crippen LogP contribution in [0.15, 0.2) is 0 Å². The van der Waals surface area contributed by atoms with Crippen LogP contribution in [-0.2, 0) is 0 Å². The Bertz CT molecular complexity index is 370. The van der Waals surface area contributed by atoms with Gasteiger partial charge in [0.15, 0.2) is 0 Å². The van der Waals surface area contributed by atoms with Crippen LogP contribution in [0, 0.1) is 27.1 Å². The lowest BCUT2D eigenvalue weighted by Crippen LogP contribution is -2.39. The highest BCUT2D eigenvalue weighted by atomic mass is 14.7. The third kappa shape index (κ3) is 12.9. The Kier molecular flexibility index (Phi) is 7.52. The molecule has 0 spiro atoms. The zero-order valence-corrected chi connectivity index (χ0v) is 20.1. The van der Waals surface area contributed by atoms with Gasteiger partial charge in [0.2, 0.25) is 0 Å². The molecule has 0 atom stereocenters. The highest BCUT2D eigenvalue weighted by Gasteiger charge is 2.38. The molecule has 0 unspecified atom stereocenters. The lowest BCUT2D eigenvalue weighted by Gasteiger charge is -2.45. The third-order valence-electron chi connectivity index (χ3n) is 4.81. The molecule has 0 heterocycles. The molecule has 0 aliphatic heterocycles. The first-order valence-electron chi connectivity index (χ1n) is 10.3. The van der Waals surface area contributed by atoms with Crippen LogP contribution in [0.2, 0.25) is 0 Å². The van der Waals surface area contributed by atoms with Gasteiger partial charge in [-0.15, -0.1) is 0 Å². The molecule has 0 aromatic rings. The molecule has 0 saturated heterocycles. The van der Waals surface area contributed by atoms with Gasteiger partial charge in [-0.3, -0.25) is 0 Å². The lowest BCUT2D eigenvalue weighted by molar-refractivity contribution is 0.0663. The topological polar surface area (TPSA) is 26.0 Å². The van der Waals surface area contributed by atoms with Crippen molar-refractivity contribution in [3.05, 3.63) is 0 Å². The normalized spacial score (nSPS) is 15.6. The van der Waals surface area contributed by atoms with Gasteiger partial charge in [-0.2, -0.15) is 0 Å². The summed E-state index contributed by atoms with van der Waals surface area (Å²) < 4.78 is 0. The van der Waals surface area contributed by atoms with Crippen LogP contribution in [-0.4, -0.2) is 5.54 Å². The monoisotopic (exact) mass is 353 g/mol. The Morgan fingerprint density at radius 3 is 0.880 bits per heavy atom. The zero-order valence-electron chi connectivity index (χ0n) is 20.1. The fraction of sp³-hybridized carbons (Fsp3) is 1.00. The molecular formula is C24H51N. The summed E-state index contributed by atoms with van der Waals surface area (Å²) in [7, 11) is 0. The Labute approximate surface area is 160 Å². The standard InChI is InChI=1S/C24H51N/c1-19(2,3)14-20(4,5)15-21(6,7)16-22(8,9)17-23(10,11)18-24(12,13)25/h14-18,25H2,1-13H3. The van der Waals surface area contributed by atoms with E-state index in [1.54, 1.807) is 0 Å². The lowest BCUT2D eigenvalue weighted by atomic mass is 9.61. The van der Waals surface area contributed by atoms with Crippen molar-refractivity contribution in [1.29, 1.82) is 0 Å². The SMILES string of the molecule is CC(C)(C)CC(C)(C)CC(C)(C)CC(C)(C)CC(C)(C)CC(C)(C)N. The maximum Gasteiger partial charge on any atom is 0.0102 e. The summed E-state index contributed by atoms with van der Waals surface area (Å²) in [5.74, 6) is 0.